The first kappa shape index (κ1) is 14.8. The third kappa shape index (κ3) is 2.68. The maximum Gasteiger partial charge on any atom is 0.196 e. The van der Waals surface area contributed by atoms with Gasteiger partial charge in [0.05, 0.1) is 12.1 Å². The molecule has 0 aromatic heterocycles. The molecule has 3 nitrogen and oxygen atoms in total. The number of hydrogen-bond donors (Lipinski definition) is 1. The highest BCUT2D eigenvalue weighted by Gasteiger charge is 2.40. The van der Waals surface area contributed by atoms with E-state index in [0.29, 0.717) is 12.5 Å². The zero-order chi connectivity index (χ0) is 15.0. The maximum absolute atomic E-state index is 6.16. The van der Waals surface area contributed by atoms with E-state index in [4.69, 9.17) is 5.73 Å². The molecule has 3 rings (SSSR count). The van der Waals surface area contributed by atoms with Crippen molar-refractivity contribution >= 4 is 50.2 Å². The molecule has 5 heteroatoms. The summed E-state index contributed by atoms with van der Waals surface area (Å²) in [7, 11) is 0. The highest BCUT2D eigenvalue weighted by molar-refractivity contribution is 14.1. The molecule has 2 N–H and O–H groups in total. The number of guanidine groups is 1. The van der Waals surface area contributed by atoms with E-state index in [1.807, 2.05) is 12.1 Å². The second kappa shape index (κ2) is 5.61. The molecule has 21 heavy (non-hydrogen) atoms. The van der Waals surface area contributed by atoms with Gasteiger partial charge in [-0.2, -0.15) is 0 Å². The van der Waals surface area contributed by atoms with E-state index in [1.54, 1.807) is 0 Å². The molecule has 0 saturated carbocycles. The van der Waals surface area contributed by atoms with E-state index >= 15 is 0 Å². The van der Waals surface area contributed by atoms with Crippen molar-refractivity contribution < 1.29 is 0 Å². The molecule has 0 aliphatic carbocycles. The van der Waals surface area contributed by atoms with Gasteiger partial charge >= 0.3 is 0 Å². The van der Waals surface area contributed by atoms with Gasteiger partial charge in [-0.25, -0.2) is 0 Å². The van der Waals surface area contributed by atoms with Gasteiger partial charge in [-0.3, -0.25) is 4.99 Å². The number of anilines is 1. The third-order valence-corrected chi connectivity index (χ3v) is 5.02. The smallest absolute Gasteiger partial charge is 0.196 e. The monoisotopic (exact) mass is 455 g/mol. The van der Waals surface area contributed by atoms with E-state index in [0.717, 1.165) is 10.2 Å². The molecule has 1 unspecified atom stereocenters. The predicted octanol–water partition coefficient (Wildman–Crippen LogP) is 4.10. The largest absolute Gasteiger partial charge is 0.369 e. The number of benzene rings is 2. The summed E-state index contributed by atoms with van der Waals surface area (Å²) < 4.78 is 2.26. The standard InChI is InChI=1S/C16H15BrIN3/c1-16(11-5-7-13(18)8-6-11)10-20-15(19)21(16)14-4-2-3-12(17)9-14/h2-9H,10H2,1H3,(H2,19,20). The highest BCUT2D eigenvalue weighted by atomic mass is 127. The van der Waals surface area contributed by atoms with Crippen molar-refractivity contribution in [3.05, 3.63) is 62.1 Å². The third-order valence-electron chi connectivity index (χ3n) is 3.80. The number of halogens is 2. The first-order chi connectivity index (χ1) is 10.0. The van der Waals surface area contributed by atoms with Gasteiger partial charge < -0.3 is 10.6 Å². The van der Waals surface area contributed by atoms with Crippen LogP contribution in [0.15, 0.2) is 58.0 Å². The predicted molar refractivity (Wildman–Crippen MR) is 99.6 cm³/mol. The van der Waals surface area contributed by atoms with E-state index in [9.17, 15) is 0 Å². The van der Waals surface area contributed by atoms with E-state index in [2.05, 4.69) is 91.7 Å². The summed E-state index contributed by atoms with van der Waals surface area (Å²) in [6.45, 7) is 2.84. The highest BCUT2D eigenvalue weighted by Crippen LogP contribution is 2.37. The Labute approximate surface area is 146 Å². The summed E-state index contributed by atoms with van der Waals surface area (Å²) in [4.78, 5) is 6.59. The number of hydrogen-bond acceptors (Lipinski definition) is 3. The normalized spacial score (nSPS) is 21.5. The summed E-state index contributed by atoms with van der Waals surface area (Å²) in [6.07, 6.45) is 0. The quantitative estimate of drug-likeness (QED) is 0.692. The molecule has 2 aromatic rings. The second-order valence-corrected chi connectivity index (χ2v) is 7.43. The van der Waals surface area contributed by atoms with Crippen LogP contribution in [0.2, 0.25) is 0 Å². The fourth-order valence-corrected chi connectivity index (χ4v) is 3.44. The van der Waals surface area contributed by atoms with Crippen LogP contribution >= 0.6 is 38.5 Å². The first-order valence-corrected chi connectivity index (χ1v) is 8.50. The van der Waals surface area contributed by atoms with Crippen molar-refractivity contribution in [2.24, 2.45) is 10.7 Å². The molecule has 0 spiro atoms. The van der Waals surface area contributed by atoms with Crippen LogP contribution < -0.4 is 10.6 Å². The molecular formula is C16H15BrIN3. The molecule has 0 radical (unpaired) electrons. The Bertz CT molecular complexity index is 699. The minimum atomic E-state index is -0.255. The van der Waals surface area contributed by atoms with E-state index < -0.39 is 0 Å². The summed E-state index contributed by atoms with van der Waals surface area (Å²) in [5.41, 5.74) is 8.17. The van der Waals surface area contributed by atoms with Crippen molar-refractivity contribution in [1.82, 2.24) is 0 Å². The fourth-order valence-electron chi connectivity index (χ4n) is 2.69. The molecule has 0 amide bonds. The topological polar surface area (TPSA) is 41.6 Å². The van der Waals surface area contributed by atoms with Crippen molar-refractivity contribution in [2.75, 3.05) is 11.4 Å². The minimum Gasteiger partial charge on any atom is -0.369 e. The molecule has 0 saturated heterocycles. The lowest BCUT2D eigenvalue weighted by Gasteiger charge is -2.36. The summed E-state index contributed by atoms with van der Waals surface area (Å²) >= 11 is 5.84. The summed E-state index contributed by atoms with van der Waals surface area (Å²) in [5.74, 6) is 0.564. The number of nitrogens with zero attached hydrogens (tertiary/aromatic N) is 2. The molecule has 1 aliphatic heterocycles. The van der Waals surface area contributed by atoms with Gasteiger partial charge in [0.1, 0.15) is 0 Å². The molecular weight excluding hydrogens is 441 g/mol. The number of nitrogens with two attached hydrogens (primary N) is 1. The average Bonchev–Trinajstić information content (AvgIpc) is 2.76. The number of aliphatic imine (C=N–C) groups is 1. The maximum atomic E-state index is 6.16. The van der Waals surface area contributed by atoms with Crippen molar-refractivity contribution in [2.45, 2.75) is 12.5 Å². The Balaban J connectivity index is 2.07. The van der Waals surface area contributed by atoms with Gasteiger partial charge in [0, 0.05) is 13.7 Å². The van der Waals surface area contributed by atoms with Crippen LogP contribution in [0, 0.1) is 3.57 Å². The lowest BCUT2D eigenvalue weighted by Crippen LogP contribution is -2.47. The van der Waals surface area contributed by atoms with E-state index in [1.165, 1.54) is 9.13 Å². The van der Waals surface area contributed by atoms with Gasteiger partial charge in [0.15, 0.2) is 5.96 Å². The van der Waals surface area contributed by atoms with Crippen molar-refractivity contribution in [3.63, 3.8) is 0 Å². The zero-order valence-corrected chi connectivity index (χ0v) is 15.3. The lowest BCUT2D eigenvalue weighted by atomic mass is 9.90. The molecule has 1 heterocycles. The average molecular weight is 456 g/mol. The van der Waals surface area contributed by atoms with Crippen LogP contribution in [0.1, 0.15) is 12.5 Å². The van der Waals surface area contributed by atoms with Gasteiger partial charge in [-0.1, -0.05) is 34.1 Å². The lowest BCUT2D eigenvalue weighted by molar-refractivity contribution is 0.533. The van der Waals surface area contributed by atoms with Crippen LogP contribution in [0.25, 0.3) is 0 Å². The second-order valence-electron chi connectivity index (χ2n) is 5.27. The van der Waals surface area contributed by atoms with Crippen LogP contribution in [0.3, 0.4) is 0 Å². The first-order valence-electron chi connectivity index (χ1n) is 6.62. The van der Waals surface area contributed by atoms with Gasteiger partial charge in [-0.15, -0.1) is 0 Å². The molecule has 108 valence electrons. The van der Waals surface area contributed by atoms with Crippen LogP contribution in [0.4, 0.5) is 5.69 Å². The Morgan fingerprint density at radius 2 is 1.95 bits per heavy atom. The molecule has 0 fully saturated rings. The number of rotatable bonds is 2. The van der Waals surface area contributed by atoms with Crippen LogP contribution in [0.5, 0.6) is 0 Å². The molecule has 0 bridgehead atoms. The Morgan fingerprint density at radius 3 is 2.62 bits per heavy atom. The SMILES string of the molecule is CC1(c2ccc(I)cc2)CN=C(N)N1c1cccc(Br)c1. The zero-order valence-electron chi connectivity index (χ0n) is 11.6. The van der Waals surface area contributed by atoms with Crippen LogP contribution in [-0.2, 0) is 5.54 Å². The van der Waals surface area contributed by atoms with Crippen molar-refractivity contribution in [1.29, 1.82) is 0 Å². The minimum absolute atomic E-state index is 0.255. The van der Waals surface area contributed by atoms with Crippen molar-refractivity contribution in [3.8, 4) is 0 Å². The van der Waals surface area contributed by atoms with E-state index in [-0.39, 0.29) is 5.54 Å². The summed E-state index contributed by atoms with van der Waals surface area (Å²) in [6, 6.07) is 16.7. The van der Waals surface area contributed by atoms with Gasteiger partial charge in [-0.05, 0) is 65.4 Å². The molecule has 1 aliphatic rings. The summed E-state index contributed by atoms with van der Waals surface area (Å²) in [5, 5.41) is 0. The fraction of sp³-hybridized carbons (Fsp3) is 0.188. The molecule has 1 atom stereocenters. The Morgan fingerprint density at radius 1 is 1.24 bits per heavy atom. The van der Waals surface area contributed by atoms with Gasteiger partial charge in [0.25, 0.3) is 0 Å². The van der Waals surface area contributed by atoms with Crippen LogP contribution in [-0.4, -0.2) is 12.5 Å². The Hall–Kier alpha value is -1.08. The Kier molecular flexibility index (Phi) is 3.96. The van der Waals surface area contributed by atoms with Gasteiger partial charge in [0.2, 0.25) is 0 Å². The molecule has 2 aromatic carbocycles.